The van der Waals surface area contributed by atoms with Crippen molar-refractivity contribution in [1.82, 2.24) is 9.55 Å². The zero-order valence-electron chi connectivity index (χ0n) is 12.2. The Morgan fingerprint density at radius 1 is 1.15 bits per heavy atom. The van der Waals surface area contributed by atoms with Crippen LogP contribution in [0.2, 0.25) is 0 Å². The van der Waals surface area contributed by atoms with Crippen LogP contribution in [-0.4, -0.2) is 15.3 Å². The summed E-state index contributed by atoms with van der Waals surface area (Å²) in [5, 5.41) is 0. The number of carbonyl (C=O) groups excluding carboxylic acids is 1. The highest BCUT2D eigenvalue weighted by Gasteiger charge is 2.13. The summed E-state index contributed by atoms with van der Waals surface area (Å²) >= 11 is 0. The van der Waals surface area contributed by atoms with Gasteiger partial charge in [-0.1, -0.05) is 17.7 Å². The molecule has 1 aromatic heterocycles. The molecule has 104 valence electrons. The lowest BCUT2D eigenvalue weighted by Gasteiger charge is -2.10. The van der Waals surface area contributed by atoms with Crippen LogP contribution in [0.5, 0.6) is 0 Å². The first kappa shape index (κ1) is 14.2. The predicted octanol–water partition coefficient (Wildman–Crippen LogP) is 2.36. The molecule has 0 aliphatic rings. The monoisotopic (exact) mass is 270 g/mol. The molecule has 0 aliphatic heterocycles. The van der Waals surface area contributed by atoms with Gasteiger partial charge in [0.15, 0.2) is 5.78 Å². The Hall–Kier alpha value is -2.23. The summed E-state index contributed by atoms with van der Waals surface area (Å²) < 4.78 is 1.41. The average Bonchev–Trinajstić information content (AvgIpc) is 2.36. The first-order valence-corrected chi connectivity index (χ1v) is 6.54. The van der Waals surface area contributed by atoms with E-state index in [2.05, 4.69) is 4.98 Å². The smallest absolute Gasteiger partial charge is 0.254 e. The number of hydrogen-bond donors (Lipinski definition) is 0. The van der Waals surface area contributed by atoms with Crippen molar-refractivity contribution in [2.45, 2.75) is 34.2 Å². The largest absolute Gasteiger partial charge is 0.292 e. The number of hydrogen-bond acceptors (Lipinski definition) is 3. The normalized spacial score (nSPS) is 10.6. The zero-order chi connectivity index (χ0) is 14.9. The van der Waals surface area contributed by atoms with Crippen molar-refractivity contribution in [3.8, 4) is 0 Å². The fraction of sp³-hybridized carbons (Fsp3) is 0.312. The highest BCUT2D eigenvalue weighted by molar-refractivity contribution is 5.97. The van der Waals surface area contributed by atoms with Gasteiger partial charge in [-0.25, -0.2) is 4.98 Å². The van der Waals surface area contributed by atoms with Gasteiger partial charge >= 0.3 is 0 Å². The fourth-order valence-corrected chi connectivity index (χ4v) is 2.22. The second kappa shape index (κ2) is 5.41. The molecule has 0 aliphatic carbocycles. The minimum Gasteiger partial charge on any atom is -0.292 e. The van der Waals surface area contributed by atoms with Crippen LogP contribution < -0.4 is 5.56 Å². The molecule has 2 aromatic rings. The molecule has 0 radical (unpaired) electrons. The molecule has 0 saturated heterocycles. The Bertz CT molecular complexity index is 730. The van der Waals surface area contributed by atoms with Crippen LogP contribution in [0.25, 0.3) is 0 Å². The molecule has 20 heavy (non-hydrogen) atoms. The average molecular weight is 270 g/mol. The van der Waals surface area contributed by atoms with Crippen LogP contribution in [0.1, 0.15) is 33.0 Å². The Balaban J connectivity index is 2.38. The SMILES string of the molecule is Cc1ccc(C)c(C(=O)Cn2c(C)nc(C)cc2=O)c1. The number of nitrogens with zero attached hydrogens (tertiary/aromatic N) is 2. The molecule has 0 unspecified atom stereocenters. The molecule has 4 heteroatoms. The first-order valence-electron chi connectivity index (χ1n) is 6.54. The Labute approximate surface area is 118 Å². The van der Waals surface area contributed by atoms with Crippen molar-refractivity contribution < 1.29 is 4.79 Å². The van der Waals surface area contributed by atoms with Crippen molar-refractivity contribution in [1.29, 1.82) is 0 Å². The van der Waals surface area contributed by atoms with Gasteiger partial charge in [-0.15, -0.1) is 0 Å². The highest BCUT2D eigenvalue weighted by atomic mass is 16.1. The van der Waals surface area contributed by atoms with Crippen LogP contribution in [0.4, 0.5) is 0 Å². The molecule has 0 spiro atoms. The number of aryl methyl sites for hydroxylation is 4. The maximum atomic E-state index is 12.4. The second-order valence-corrected chi connectivity index (χ2v) is 5.11. The molecule has 0 bridgehead atoms. The molecular weight excluding hydrogens is 252 g/mol. The van der Waals surface area contributed by atoms with E-state index in [1.165, 1.54) is 10.6 Å². The van der Waals surface area contributed by atoms with Gasteiger partial charge in [-0.3, -0.25) is 14.2 Å². The fourth-order valence-electron chi connectivity index (χ4n) is 2.22. The minimum atomic E-state index is -0.186. The first-order chi connectivity index (χ1) is 9.38. The molecule has 0 saturated carbocycles. The maximum absolute atomic E-state index is 12.4. The molecule has 0 amide bonds. The van der Waals surface area contributed by atoms with E-state index in [0.717, 1.165) is 11.1 Å². The molecule has 4 nitrogen and oxygen atoms in total. The van der Waals surface area contributed by atoms with Crippen LogP contribution in [0.15, 0.2) is 29.1 Å². The Morgan fingerprint density at radius 3 is 2.50 bits per heavy atom. The Kier molecular flexibility index (Phi) is 3.84. The van der Waals surface area contributed by atoms with E-state index in [1.807, 2.05) is 32.0 Å². The number of benzene rings is 1. The molecule has 1 aromatic carbocycles. The number of Topliss-reactive ketones (excluding diaryl/α,β-unsaturated/α-hetero) is 1. The van der Waals surface area contributed by atoms with E-state index >= 15 is 0 Å². The van der Waals surface area contributed by atoms with Gasteiger partial charge in [-0.05, 0) is 39.3 Å². The van der Waals surface area contributed by atoms with Crippen LogP contribution in [0.3, 0.4) is 0 Å². The van der Waals surface area contributed by atoms with Gasteiger partial charge in [0, 0.05) is 17.3 Å². The predicted molar refractivity (Wildman–Crippen MR) is 78.2 cm³/mol. The Morgan fingerprint density at radius 2 is 1.85 bits per heavy atom. The van der Waals surface area contributed by atoms with E-state index in [1.54, 1.807) is 13.8 Å². The molecule has 0 atom stereocenters. The van der Waals surface area contributed by atoms with Gasteiger partial charge in [0.1, 0.15) is 5.82 Å². The maximum Gasteiger partial charge on any atom is 0.254 e. The van der Waals surface area contributed by atoms with E-state index in [4.69, 9.17) is 0 Å². The van der Waals surface area contributed by atoms with Crippen LogP contribution in [0, 0.1) is 27.7 Å². The van der Waals surface area contributed by atoms with Gasteiger partial charge in [-0.2, -0.15) is 0 Å². The van der Waals surface area contributed by atoms with Gasteiger partial charge in [0.2, 0.25) is 0 Å². The lowest BCUT2D eigenvalue weighted by atomic mass is 10.0. The third-order valence-electron chi connectivity index (χ3n) is 3.32. The molecular formula is C16H18N2O2. The third kappa shape index (κ3) is 2.85. The highest BCUT2D eigenvalue weighted by Crippen LogP contribution is 2.12. The van der Waals surface area contributed by atoms with Crippen molar-refractivity contribution in [3.63, 3.8) is 0 Å². The minimum absolute atomic E-state index is 0.0300. The van der Waals surface area contributed by atoms with Crippen molar-refractivity contribution >= 4 is 5.78 Å². The van der Waals surface area contributed by atoms with Crippen molar-refractivity contribution in [2.75, 3.05) is 0 Å². The standard InChI is InChI=1S/C16H18N2O2/c1-10-5-6-11(2)14(7-10)15(19)9-18-13(4)17-12(3)8-16(18)20/h5-8H,9H2,1-4H3. The summed E-state index contributed by atoms with van der Waals surface area (Å²) in [5.41, 5.74) is 3.10. The molecule has 1 heterocycles. The lowest BCUT2D eigenvalue weighted by molar-refractivity contribution is 0.0968. The summed E-state index contributed by atoms with van der Waals surface area (Å²) in [5.74, 6) is 0.496. The molecule has 0 fully saturated rings. The summed E-state index contributed by atoms with van der Waals surface area (Å²) in [6.07, 6.45) is 0. The molecule has 0 N–H and O–H groups in total. The summed E-state index contributed by atoms with van der Waals surface area (Å²) in [7, 11) is 0. The molecule has 2 rings (SSSR count). The van der Waals surface area contributed by atoms with Crippen LogP contribution >= 0.6 is 0 Å². The van der Waals surface area contributed by atoms with E-state index in [-0.39, 0.29) is 17.9 Å². The second-order valence-electron chi connectivity index (χ2n) is 5.11. The lowest BCUT2D eigenvalue weighted by Crippen LogP contribution is -2.27. The van der Waals surface area contributed by atoms with E-state index in [9.17, 15) is 9.59 Å². The number of aromatic nitrogens is 2. The summed E-state index contributed by atoms with van der Waals surface area (Å²) in [6, 6.07) is 7.20. The van der Waals surface area contributed by atoms with Crippen molar-refractivity contribution in [2.24, 2.45) is 0 Å². The third-order valence-corrected chi connectivity index (χ3v) is 3.32. The number of carbonyl (C=O) groups is 1. The number of ketones is 1. The summed E-state index contributed by atoms with van der Waals surface area (Å²) in [6.45, 7) is 7.38. The topological polar surface area (TPSA) is 52.0 Å². The van der Waals surface area contributed by atoms with Gasteiger partial charge in [0.05, 0.1) is 6.54 Å². The summed E-state index contributed by atoms with van der Waals surface area (Å²) in [4.78, 5) is 28.6. The van der Waals surface area contributed by atoms with Crippen LogP contribution in [-0.2, 0) is 6.54 Å². The van der Waals surface area contributed by atoms with E-state index < -0.39 is 0 Å². The van der Waals surface area contributed by atoms with Gasteiger partial charge in [0.25, 0.3) is 5.56 Å². The number of rotatable bonds is 3. The quantitative estimate of drug-likeness (QED) is 0.804. The van der Waals surface area contributed by atoms with E-state index in [0.29, 0.717) is 17.1 Å². The van der Waals surface area contributed by atoms with Crippen molar-refractivity contribution in [3.05, 3.63) is 62.8 Å². The van der Waals surface area contributed by atoms with Gasteiger partial charge < -0.3 is 0 Å². The zero-order valence-corrected chi connectivity index (χ0v) is 12.2.